The Balaban J connectivity index is 2.18. The Kier molecular flexibility index (Phi) is 4.74. The smallest absolute Gasteiger partial charge is 0.240 e. The molecule has 20 heavy (non-hydrogen) atoms. The third-order valence-corrected chi connectivity index (χ3v) is 4.82. The standard InChI is InChI=1S/C13H19FN2O3S/c1-9-4-12(5-11(6-15)13(9)14)20(17,18)16-7-10-2-3-19-8-10/h4-5,10,16H,2-3,6-8,15H2,1H3. The molecule has 0 aliphatic carbocycles. The Labute approximate surface area is 118 Å². The fraction of sp³-hybridized carbons (Fsp3) is 0.538. The van der Waals surface area contributed by atoms with E-state index >= 15 is 0 Å². The van der Waals surface area contributed by atoms with Gasteiger partial charge in [-0.15, -0.1) is 0 Å². The molecule has 1 aromatic carbocycles. The van der Waals surface area contributed by atoms with Crippen LogP contribution < -0.4 is 10.5 Å². The monoisotopic (exact) mass is 302 g/mol. The molecule has 0 amide bonds. The third kappa shape index (κ3) is 3.35. The molecule has 1 fully saturated rings. The Hall–Kier alpha value is -1.02. The van der Waals surface area contributed by atoms with E-state index in [0.717, 1.165) is 6.42 Å². The van der Waals surface area contributed by atoms with Crippen molar-refractivity contribution in [3.05, 3.63) is 29.1 Å². The number of halogens is 1. The molecule has 3 N–H and O–H groups in total. The van der Waals surface area contributed by atoms with Gasteiger partial charge in [0.2, 0.25) is 10.0 Å². The zero-order chi connectivity index (χ0) is 14.8. The van der Waals surface area contributed by atoms with Crippen LogP contribution >= 0.6 is 0 Å². The largest absolute Gasteiger partial charge is 0.381 e. The first-order valence-corrected chi connectivity index (χ1v) is 7.99. The fourth-order valence-electron chi connectivity index (χ4n) is 2.17. The van der Waals surface area contributed by atoms with Gasteiger partial charge in [-0.1, -0.05) is 0 Å². The van der Waals surface area contributed by atoms with E-state index in [0.29, 0.717) is 19.8 Å². The van der Waals surface area contributed by atoms with Crippen molar-refractivity contribution in [3.63, 3.8) is 0 Å². The van der Waals surface area contributed by atoms with Gasteiger partial charge in [-0.25, -0.2) is 17.5 Å². The molecule has 5 nitrogen and oxygen atoms in total. The average molecular weight is 302 g/mol. The van der Waals surface area contributed by atoms with Gasteiger partial charge in [0.15, 0.2) is 0 Å². The summed E-state index contributed by atoms with van der Waals surface area (Å²) in [5.74, 6) is -0.254. The molecule has 1 unspecified atom stereocenters. The molecular formula is C13H19FN2O3S. The van der Waals surface area contributed by atoms with Crippen LogP contribution in [0.3, 0.4) is 0 Å². The molecule has 0 saturated carbocycles. The summed E-state index contributed by atoms with van der Waals surface area (Å²) in [7, 11) is -3.65. The highest BCUT2D eigenvalue weighted by atomic mass is 32.2. The van der Waals surface area contributed by atoms with Crippen LogP contribution in [0.1, 0.15) is 17.5 Å². The van der Waals surface area contributed by atoms with Gasteiger partial charge < -0.3 is 10.5 Å². The third-order valence-electron chi connectivity index (χ3n) is 3.42. The maximum atomic E-state index is 13.7. The Morgan fingerprint density at radius 3 is 2.85 bits per heavy atom. The minimum Gasteiger partial charge on any atom is -0.381 e. The SMILES string of the molecule is Cc1cc(S(=O)(=O)NCC2CCOC2)cc(CN)c1F. The molecule has 1 aliphatic heterocycles. The normalized spacial score (nSPS) is 19.4. The number of aryl methyl sites for hydroxylation is 1. The summed E-state index contributed by atoms with van der Waals surface area (Å²) >= 11 is 0. The van der Waals surface area contributed by atoms with E-state index in [4.69, 9.17) is 10.5 Å². The predicted octanol–water partition coefficient (Wildman–Crippen LogP) is 0.908. The lowest BCUT2D eigenvalue weighted by molar-refractivity contribution is 0.186. The van der Waals surface area contributed by atoms with Crippen LogP contribution in [0.25, 0.3) is 0 Å². The lowest BCUT2D eigenvalue weighted by atomic mass is 10.1. The Morgan fingerprint density at radius 1 is 1.50 bits per heavy atom. The predicted molar refractivity (Wildman–Crippen MR) is 73.1 cm³/mol. The van der Waals surface area contributed by atoms with E-state index in [9.17, 15) is 12.8 Å². The van der Waals surface area contributed by atoms with Crippen molar-refractivity contribution >= 4 is 10.0 Å². The highest BCUT2D eigenvalue weighted by Gasteiger charge is 2.21. The summed E-state index contributed by atoms with van der Waals surface area (Å²) in [5.41, 5.74) is 5.91. The minimum absolute atomic E-state index is 0.0352. The fourth-order valence-corrected chi connectivity index (χ4v) is 3.42. The second-order valence-electron chi connectivity index (χ2n) is 5.00. The maximum Gasteiger partial charge on any atom is 0.240 e. The van der Waals surface area contributed by atoms with E-state index in [-0.39, 0.29) is 28.5 Å². The van der Waals surface area contributed by atoms with Gasteiger partial charge in [-0.3, -0.25) is 0 Å². The summed E-state index contributed by atoms with van der Waals surface area (Å²) in [4.78, 5) is 0.0516. The van der Waals surface area contributed by atoms with Crippen molar-refractivity contribution in [1.82, 2.24) is 4.72 Å². The molecule has 1 heterocycles. The van der Waals surface area contributed by atoms with Crippen LogP contribution in [0, 0.1) is 18.7 Å². The van der Waals surface area contributed by atoms with Crippen molar-refractivity contribution in [2.75, 3.05) is 19.8 Å². The number of ether oxygens (including phenoxy) is 1. The van der Waals surface area contributed by atoms with Crippen molar-refractivity contribution in [2.45, 2.75) is 24.8 Å². The first-order valence-electron chi connectivity index (χ1n) is 6.50. The van der Waals surface area contributed by atoms with Crippen LogP contribution in [0.2, 0.25) is 0 Å². The van der Waals surface area contributed by atoms with Gasteiger partial charge in [-0.05, 0) is 37.0 Å². The molecule has 7 heteroatoms. The molecule has 0 bridgehead atoms. The van der Waals surface area contributed by atoms with Crippen molar-refractivity contribution < 1.29 is 17.5 Å². The number of hydrogen-bond donors (Lipinski definition) is 2. The van der Waals surface area contributed by atoms with Gasteiger partial charge in [0.25, 0.3) is 0 Å². The van der Waals surface area contributed by atoms with Crippen LogP contribution in [-0.4, -0.2) is 28.2 Å². The highest BCUT2D eigenvalue weighted by Crippen LogP contribution is 2.19. The number of sulfonamides is 1. The summed E-state index contributed by atoms with van der Waals surface area (Å²) in [6.45, 7) is 3.06. The Bertz CT molecular complexity index is 584. The molecule has 112 valence electrons. The van der Waals surface area contributed by atoms with E-state index in [1.807, 2.05) is 0 Å². The second-order valence-corrected chi connectivity index (χ2v) is 6.77. The zero-order valence-electron chi connectivity index (χ0n) is 11.4. The van der Waals surface area contributed by atoms with Crippen LogP contribution in [0.4, 0.5) is 4.39 Å². The zero-order valence-corrected chi connectivity index (χ0v) is 12.2. The van der Waals surface area contributed by atoms with E-state index in [2.05, 4.69) is 4.72 Å². The first kappa shape index (κ1) is 15.4. The second kappa shape index (κ2) is 6.17. The quantitative estimate of drug-likeness (QED) is 0.847. The topological polar surface area (TPSA) is 81.4 Å². The lowest BCUT2D eigenvalue weighted by Crippen LogP contribution is -2.30. The van der Waals surface area contributed by atoms with E-state index in [1.54, 1.807) is 0 Å². The molecule has 1 atom stereocenters. The van der Waals surface area contributed by atoms with E-state index in [1.165, 1.54) is 19.1 Å². The van der Waals surface area contributed by atoms with Crippen LogP contribution in [0.5, 0.6) is 0 Å². The molecule has 0 spiro atoms. The number of nitrogens with one attached hydrogen (secondary N) is 1. The van der Waals surface area contributed by atoms with E-state index < -0.39 is 15.8 Å². The number of hydrogen-bond acceptors (Lipinski definition) is 4. The van der Waals surface area contributed by atoms with Crippen molar-refractivity contribution in [3.8, 4) is 0 Å². The summed E-state index contributed by atoms with van der Waals surface area (Å²) in [6, 6.07) is 2.61. The van der Waals surface area contributed by atoms with Gasteiger partial charge in [0.1, 0.15) is 5.82 Å². The highest BCUT2D eigenvalue weighted by molar-refractivity contribution is 7.89. The molecule has 2 rings (SSSR count). The molecule has 1 aliphatic rings. The number of nitrogens with two attached hydrogens (primary N) is 1. The maximum absolute atomic E-state index is 13.7. The van der Waals surface area contributed by atoms with Gasteiger partial charge in [-0.2, -0.15) is 0 Å². The van der Waals surface area contributed by atoms with Gasteiger partial charge >= 0.3 is 0 Å². The lowest BCUT2D eigenvalue weighted by Gasteiger charge is -2.12. The first-order chi connectivity index (χ1) is 9.44. The average Bonchev–Trinajstić information content (AvgIpc) is 2.92. The molecule has 0 aromatic heterocycles. The molecular weight excluding hydrogens is 283 g/mol. The summed E-state index contributed by atoms with van der Waals surface area (Å²) in [5, 5.41) is 0. The molecule has 1 saturated heterocycles. The van der Waals surface area contributed by atoms with Gasteiger partial charge in [0, 0.05) is 25.3 Å². The number of benzene rings is 1. The molecule has 1 aromatic rings. The van der Waals surface area contributed by atoms with Crippen LogP contribution in [0.15, 0.2) is 17.0 Å². The van der Waals surface area contributed by atoms with Crippen LogP contribution in [-0.2, 0) is 21.3 Å². The molecule has 0 radical (unpaired) electrons. The van der Waals surface area contributed by atoms with Gasteiger partial charge in [0.05, 0.1) is 11.5 Å². The summed E-state index contributed by atoms with van der Waals surface area (Å²) < 4.78 is 45.8. The minimum atomic E-state index is -3.65. The van der Waals surface area contributed by atoms with Crippen molar-refractivity contribution in [1.29, 1.82) is 0 Å². The number of rotatable bonds is 5. The van der Waals surface area contributed by atoms with Crippen molar-refractivity contribution in [2.24, 2.45) is 11.7 Å². The Morgan fingerprint density at radius 2 is 2.25 bits per heavy atom. The summed E-state index contributed by atoms with van der Waals surface area (Å²) in [6.07, 6.45) is 0.846.